The summed E-state index contributed by atoms with van der Waals surface area (Å²) < 4.78 is 0. The first-order chi connectivity index (χ1) is 7.02. The molecule has 2 saturated carbocycles. The molecule has 0 aromatic rings. The maximum absolute atomic E-state index is 3.88. The number of nitrogens with one attached hydrogen (secondary N) is 1. The molecule has 4 unspecified atom stereocenters. The number of hydrogen-bond donors (Lipinski definition) is 1. The summed E-state index contributed by atoms with van der Waals surface area (Å²) in [5.41, 5.74) is 0.589. The Kier molecular flexibility index (Phi) is 3.12. The third-order valence-corrected chi connectivity index (χ3v) is 4.57. The minimum Gasteiger partial charge on any atom is -0.311 e. The Bertz CT molecular complexity index is 221. The third-order valence-electron chi connectivity index (χ3n) is 4.57. The molecule has 15 heavy (non-hydrogen) atoms. The van der Waals surface area contributed by atoms with Crippen LogP contribution in [0.3, 0.4) is 0 Å². The molecule has 2 rings (SSSR count). The van der Waals surface area contributed by atoms with Crippen molar-refractivity contribution in [2.24, 2.45) is 17.3 Å². The first-order valence-corrected chi connectivity index (χ1v) is 6.78. The van der Waals surface area contributed by atoms with Crippen LogP contribution in [0.2, 0.25) is 0 Å². The van der Waals surface area contributed by atoms with Gasteiger partial charge in [-0.1, -0.05) is 34.1 Å². The zero-order chi connectivity index (χ0) is 11.1. The van der Waals surface area contributed by atoms with E-state index in [1.54, 1.807) is 0 Å². The SMILES string of the molecule is CCC1CC1NC1CCC(C)(C)CC1C. The monoisotopic (exact) mass is 209 g/mol. The van der Waals surface area contributed by atoms with E-state index in [0.29, 0.717) is 5.41 Å². The van der Waals surface area contributed by atoms with E-state index in [1.165, 1.54) is 32.1 Å². The van der Waals surface area contributed by atoms with Gasteiger partial charge in [0.15, 0.2) is 0 Å². The topological polar surface area (TPSA) is 12.0 Å². The molecule has 0 aliphatic heterocycles. The standard InChI is InChI=1S/C14H27N/c1-5-11-8-13(11)15-12-6-7-14(3,4)9-10(12)2/h10-13,15H,5-9H2,1-4H3. The zero-order valence-corrected chi connectivity index (χ0v) is 10.8. The lowest BCUT2D eigenvalue weighted by Crippen LogP contribution is -2.43. The average Bonchev–Trinajstić information content (AvgIpc) is 2.88. The van der Waals surface area contributed by atoms with Crippen molar-refractivity contribution < 1.29 is 0 Å². The average molecular weight is 209 g/mol. The van der Waals surface area contributed by atoms with Gasteiger partial charge in [0.25, 0.3) is 0 Å². The summed E-state index contributed by atoms with van der Waals surface area (Å²) in [5, 5.41) is 3.88. The largest absolute Gasteiger partial charge is 0.311 e. The Morgan fingerprint density at radius 1 is 1.27 bits per heavy atom. The molecule has 2 aliphatic rings. The molecule has 4 atom stereocenters. The number of rotatable bonds is 3. The predicted molar refractivity (Wildman–Crippen MR) is 65.9 cm³/mol. The molecule has 2 fully saturated rings. The van der Waals surface area contributed by atoms with Crippen LogP contribution >= 0.6 is 0 Å². The molecule has 0 aromatic heterocycles. The second kappa shape index (κ2) is 4.08. The van der Waals surface area contributed by atoms with E-state index >= 15 is 0 Å². The zero-order valence-electron chi connectivity index (χ0n) is 10.8. The van der Waals surface area contributed by atoms with Crippen molar-refractivity contribution in [3.8, 4) is 0 Å². The highest BCUT2D eigenvalue weighted by atomic mass is 15.0. The van der Waals surface area contributed by atoms with Crippen molar-refractivity contribution in [2.45, 2.75) is 71.9 Å². The highest BCUT2D eigenvalue weighted by Crippen LogP contribution is 2.41. The van der Waals surface area contributed by atoms with Crippen LogP contribution in [-0.2, 0) is 0 Å². The quantitative estimate of drug-likeness (QED) is 0.749. The van der Waals surface area contributed by atoms with Crippen molar-refractivity contribution in [1.82, 2.24) is 5.32 Å². The van der Waals surface area contributed by atoms with Crippen LogP contribution in [0, 0.1) is 17.3 Å². The van der Waals surface area contributed by atoms with E-state index < -0.39 is 0 Å². The lowest BCUT2D eigenvalue weighted by molar-refractivity contribution is 0.147. The van der Waals surface area contributed by atoms with Gasteiger partial charge in [0.1, 0.15) is 0 Å². The molecule has 0 radical (unpaired) electrons. The Morgan fingerprint density at radius 3 is 2.53 bits per heavy atom. The Labute approximate surface area is 95.0 Å². The van der Waals surface area contributed by atoms with E-state index in [9.17, 15) is 0 Å². The van der Waals surface area contributed by atoms with E-state index in [0.717, 1.165) is 23.9 Å². The molecule has 1 N–H and O–H groups in total. The van der Waals surface area contributed by atoms with Gasteiger partial charge in [-0.15, -0.1) is 0 Å². The molecule has 88 valence electrons. The maximum atomic E-state index is 3.88. The molecular weight excluding hydrogens is 182 g/mol. The molecule has 0 aromatic carbocycles. The van der Waals surface area contributed by atoms with Crippen LogP contribution in [0.1, 0.15) is 59.8 Å². The van der Waals surface area contributed by atoms with Gasteiger partial charge in [-0.3, -0.25) is 0 Å². The molecule has 1 nitrogen and oxygen atoms in total. The van der Waals surface area contributed by atoms with Gasteiger partial charge in [0, 0.05) is 12.1 Å². The van der Waals surface area contributed by atoms with E-state index in [-0.39, 0.29) is 0 Å². The molecule has 0 saturated heterocycles. The van der Waals surface area contributed by atoms with Crippen LogP contribution < -0.4 is 5.32 Å². The van der Waals surface area contributed by atoms with Crippen LogP contribution in [0.25, 0.3) is 0 Å². The summed E-state index contributed by atoms with van der Waals surface area (Å²) in [4.78, 5) is 0. The fourth-order valence-corrected chi connectivity index (χ4v) is 3.37. The van der Waals surface area contributed by atoms with Gasteiger partial charge in [0.05, 0.1) is 0 Å². The van der Waals surface area contributed by atoms with Crippen molar-refractivity contribution >= 4 is 0 Å². The Hall–Kier alpha value is -0.0400. The first kappa shape index (κ1) is 11.4. The Balaban J connectivity index is 1.80. The molecular formula is C14H27N. The normalized spacial score (nSPS) is 44.0. The summed E-state index contributed by atoms with van der Waals surface area (Å²) in [6.45, 7) is 9.60. The predicted octanol–water partition coefficient (Wildman–Crippen LogP) is 3.59. The highest BCUT2D eigenvalue weighted by molar-refractivity contribution is 4.97. The second-order valence-electron chi connectivity index (χ2n) is 6.67. The summed E-state index contributed by atoms with van der Waals surface area (Å²) in [5.74, 6) is 1.86. The van der Waals surface area contributed by atoms with E-state index in [4.69, 9.17) is 0 Å². The summed E-state index contributed by atoms with van der Waals surface area (Å²) in [7, 11) is 0. The van der Waals surface area contributed by atoms with Crippen molar-refractivity contribution in [2.75, 3.05) is 0 Å². The Morgan fingerprint density at radius 2 is 2.00 bits per heavy atom. The lowest BCUT2D eigenvalue weighted by Gasteiger charge is -2.39. The van der Waals surface area contributed by atoms with Crippen LogP contribution in [0.15, 0.2) is 0 Å². The molecule has 2 aliphatic carbocycles. The van der Waals surface area contributed by atoms with Gasteiger partial charge < -0.3 is 5.32 Å². The lowest BCUT2D eigenvalue weighted by atomic mass is 9.70. The van der Waals surface area contributed by atoms with E-state index in [1.807, 2.05) is 0 Å². The second-order valence-corrected chi connectivity index (χ2v) is 6.67. The fraction of sp³-hybridized carbons (Fsp3) is 1.00. The fourth-order valence-electron chi connectivity index (χ4n) is 3.37. The maximum Gasteiger partial charge on any atom is 0.0102 e. The third kappa shape index (κ3) is 2.75. The van der Waals surface area contributed by atoms with Gasteiger partial charge in [-0.25, -0.2) is 0 Å². The minimum absolute atomic E-state index is 0.589. The molecule has 0 amide bonds. The molecule has 1 heteroatoms. The molecule has 0 spiro atoms. The van der Waals surface area contributed by atoms with Gasteiger partial charge in [-0.2, -0.15) is 0 Å². The van der Waals surface area contributed by atoms with Gasteiger partial charge in [-0.05, 0) is 42.9 Å². The van der Waals surface area contributed by atoms with Crippen molar-refractivity contribution in [3.05, 3.63) is 0 Å². The summed E-state index contributed by atoms with van der Waals surface area (Å²) in [6.07, 6.45) is 6.99. The van der Waals surface area contributed by atoms with Crippen LogP contribution in [0.4, 0.5) is 0 Å². The van der Waals surface area contributed by atoms with Crippen LogP contribution in [0.5, 0.6) is 0 Å². The van der Waals surface area contributed by atoms with E-state index in [2.05, 4.69) is 33.0 Å². The van der Waals surface area contributed by atoms with Gasteiger partial charge in [0.2, 0.25) is 0 Å². The number of hydrogen-bond acceptors (Lipinski definition) is 1. The highest BCUT2D eigenvalue weighted by Gasteiger charge is 2.40. The first-order valence-electron chi connectivity index (χ1n) is 6.78. The summed E-state index contributed by atoms with van der Waals surface area (Å²) >= 11 is 0. The van der Waals surface area contributed by atoms with Crippen molar-refractivity contribution in [1.29, 1.82) is 0 Å². The summed E-state index contributed by atoms with van der Waals surface area (Å²) in [6, 6.07) is 1.67. The van der Waals surface area contributed by atoms with Gasteiger partial charge >= 0.3 is 0 Å². The smallest absolute Gasteiger partial charge is 0.0102 e. The van der Waals surface area contributed by atoms with Crippen molar-refractivity contribution in [3.63, 3.8) is 0 Å². The van der Waals surface area contributed by atoms with Crippen LogP contribution in [-0.4, -0.2) is 12.1 Å². The molecule has 0 bridgehead atoms. The molecule has 0 heterocycles. The minimum atomic E-state index is 0.589.